The number of ether oxygens (including phenoxy) is 1. The van der Waals surface area contributed by atoms with Crippen molar-refractivity contribution in [1.82, 2.24) is 19.9 Å². The molecular weight excluding hydrogens is 453 g/mol. The van der Waals surface area contributed by atoms with Gasteiger partial charge in [-0.2, -0.15) is 0 Å². The standard InChI is InChI=1S/C22H23F3N6O3/c1-2-3-12-31-14-18(29-19(31)20(32)27-13-15-8-10-26-11-9-15)30-21(33)28-16-4-6-17(7-5-16)34-22(23,24)25/h4-11,14H,2-3,12-13H2,1H3,(H,27,32)(H2,28,30,33). The van der Waals surface area contributed by atoms with Crippen molar-refractivity contribution in [2.45, 2.75) is 39.2 Å². The maximum Gasteiger partial charge on any atom is 0.573 e. The van der Waals surface area contributed by atoms with Gasteiger partial charge in [-0.15, -0.1) is 13.2 Å². The summed E-state index contributed by atoms with van der Waals surface area (Å²) in [5.74, 6) is -0.511. The second-order valence-electron chi connectivity index (χ2n) is 7.19. The van der Waals surface area contributed by atoms with Crippen LogP contribution in [0.4, 0.5) is 29.5 Å². The SMILES string of the molecule is CCCCn1cc(NC(=O)Nc2ccc(OC(F)(F)F)cc2)nc1C(=O)NCc1ccncc1. The number of nitrogens with one attached hydrogen (secondary N) is 3. The average Bonchev–Trinajstić information content (AvgIpc) is 3.19. The molecule has 180 valence electrons. The Morgan fingerprint density at radius 2 is 1.76 bits per heavy atom. The zero-order valence-corrected chi connectivity index (χ0v) is 18.2. The minimum absolute atomic E-state index is 0.145. The molecule has 2 aromatic heterocycles. The summed E-state index contributed by atoms with van der Waals surface area (Å²) >= 11 is 0. The van der Waals surface area contributed by atoms with Gasteiger partial charge in [-0.25, -0.2) is 9.78 Å². The third kappa shape index (κ3) is 7.50. The number of alkyl halides is 3. The number of unbranched alkanes of at least 4 members (excludes halogenated alkanes) is 1. The molecule has 0 atom stereocenters. The van der Waals surface area contributed by atoms with E-state index >= 15 is 0 Å². The molecule has 0 saturated heterocycles. The number of benzene rings is 1. The molecule has 0 saturated carbocycles. The number of imidazole rings is 1. The lowest BCUT2D eigenvalue weighted by molar-refractivity contribution is -0.274. The molecule has 3 N–H and O–H groups in total. The largest absolute Gasteiger partial charge is 0.573 e. The lowest BCUT2D eigenvalue weighted by Gasteiger charge is -2.10. The van der Waals surface area contributed by atoms with E-state index in [0.717, 1.165) is 30.5 Å². The Bertz CT molecular complexity index is 1100. The van der Waals surface area contributed by atoms with Crippen molar-refractivity contribution < 1.29 is 27.5 Å². The van der Waals surface area contributed by atoms with E-state index in [1.54, 1.807) is 35.3 Å². The third-order valence-corrected chi connectivity index (χ3v) is 4.52. The Labute approximate surface area is 193 Å². The fourth-order valence-electron chi connectivity index (χ4n) is 2.94. The average molecular weight is 476 g/mol. The summed E-state index contributed by atoms with van der Waals surface area (Å²) in [5, 5.41) is 7.80. The predicted molar refractivity (Wildman–Crippen MR) is 118 cm³/mol. The van der Waals surface area contributed by atoms with Crippen molar-refractivity contribution in [3.05, 3.63) is 66.4 Å². The Morgan fingerprint density at radius 1 is 1.06 bits per heavy atom. The fourth-order valence-corrected chi connectivity index (χ4v) is 2.94. The molecule has 0 aliphatic heterocycles. The van der Waals surface area contributed by atoms with Crippen LogP contribution in [0.2, 0.25) is 0 Å². The van der Waals surface area contributed by atoms with Gasteiger partial charge in [0.15, 0.2) is 5.82 Å². The zero-order chi connectivity index (χ0) is 24.6. The second kappa shape index (κ2) is 11.2. The first-order valence-electron chi connectivity index (χ1n) is 10.4. The van der Waals surface area contributed by atoms with Crippen molar-refractivity contribution in [1.29, 1.82) is 0 Å². The number of aromatic nitrogens is 3. The summed E-state index contributed by atoms with van der Waals surface area (Å²) in [6.45, 7) is 2.84. The van der Waals surface area contributed by atoms with Gasteiger partial charge in [-0.05, 0) is 48.4 Å². The first kappa shape index (κ1) is 24.6. The fraction of sp³-hybridized carbons (Fsp3) is 0.273. The molecule has 0 spiro atoms. The van der Waals surface area contributed by atoms with Crippen molar-refractivity contribution in [3.63, 3.8) is 0 Å². The van der Waals surface area contributed by atoms with Crippen LogP contribution >= 0.6 is 0 Å². The number of amides is 3. The number of carbonyl (C=O) groups is 2. The maximum atomic E-state index is 12.7. The Morgan fingerprint density at radius 3 is 2.41 bits per heavy atom. The number of anilines is 2. The number of hydrogen-bond acceptors (Lipinski definition) is 5. The summed E-state index contributed by atoms with van der Waals surface area (Å²) in [6.07, 6.45) is 1.71. The minimum atomic E-state index is -4.80. The van der Waals surface area contributed by atoms with Crippen LogP contribution in [-0.2, 0) is 13.1 Å². The van der Waals surface area contributed by atoms with Crippen molar-refractivity contribution in [3.8, 4) is 5.75 Å². The molecule has 9 nitrogen and oxygen atoms in total. The van der Waals surface area contributed by atoms with Gasteiger partial charge in [0.05, 0.1) is 0 Å². The molecule has 3 amide bonds. The second-order valence-corrected chi connectivity index (χ2v) is 7.19. The van der Waals surface area contributed by atoms with Crippen molar-refractivity contribution in [2.75, 3.05) is 10.6 Å². The van der Waals surface area contributed by atoms with Gasteiger partial charge >= 0.3 is 12.4 Å². The van der Waals surface area contributed by atoms with Gasteiger partial charge in [-0.3, -0.25) is 15.1 Å². The molecule has 0 bridgehead atoms. The van der Waals surface area contributed by atoms with Crippen LogP contribution in [0.1, 0.15) is 35.9 Å². The lowest BCUT2D eigenvalue weighted by atomic mass is 10.3. The van der Waals surface area contributed by atoms with E-state index in [-0.39, 0.29) is 17.3 Å². The molecule has 3 rings (SSSR count). The van der Waals surface area contributed by atoms with Crippen LogP contribution in [0.3, 0.4) is 0 Å². The molecule has 0 aliphatic rings. The molecule has 3 aromatic rings. The van der Waals surface area contributed by atoms with Gasteiger partial charge in [0.25, 0.3) is 5.91 Å². The van der Waals surface area contributed by atoms with Crippen molar-refractivity contribution >= 4 is 23.4 Å². The normalized spacial score (nSPS) is 11.1. The highest BCUT2D eigenvalue weighted by Gasteiger charge is 2.31. The highest BCUT2D eigenvalue weighted by atomic mass is 19.4. The quantitative estimate of drug-likeness (QED) is 0.420. The molecular formula is C22H23F3N6O3. The van der Waals surface area contributed by atoms with E-state index < -0.39 is 24.1 Å². The van der Waals surface area contributed by atoms with E-state index in [1.165, 1.54) is 12.1 Å². The number of rotatable bonds is 9. The minimum Gasteiger partial charge on any atom is -0.406 e. The maximum absolute atomic E-state index is 12.7. The first-order chi connectivity index (χ1) is 16.2. The number of halogens is 3. The summed E-state index contributed by atoms with van der Waals surface area (Å²) in [7, 11) is 0. The summed E-state index contributed by atoms with van der Waals surface area (Å²) in [4.78, 5) is 33.2. The van der Waals surface area contributed by atoms with E-state index in [4.69, 9.17) is 0 Å². The van der Waals surface area contributed by atoms with Gasteiger partial charge < -0.3 is 19.9 Å². The van der Waals surface area contributed by atoms with Crippen LogP contribution in [0.15, 0.2) is 55.0 Å². The van der Waals surface area contributed by atoms with E-state index in [0.29, 0.717) is 13.1 Å². The Balaban J connectivity index is 1.63. The summed E-state index contributed by atoms with van der Waals surface area (Å²) < 4.78 is 42.2. The Kier molecular flexibility index (Phi) is 8.06. The molecule has 2 heterocycles. The summed E-state index contributed by atoms with van der Waals surface area (Å²) in [6, 6.07) is 7.57. The summed E-state index contributed by atoms with van der Waals surface area (Å²) in [5.41, 5.74) is 1.12. The number of nitrogens with zero attached hydrogens (tertiary/aromatic N) is 3. The van der Waals surface area contributed by atoms with Crippen LogP contribution < -0.4 is 20.7 Å². The molecule has 1 aromatic carbocycles. The number of aryl methyl sites for hydroxylation is 1. The van der Waals surface area contributed by atoms with E-state index in [9.17, 15) is 22.8 Å². The number of pyridine rings is 1. The van der Waals surface area contributed by atoms with Crippen LogP contribution in [0.5, 0.6) is 5.75 Å². The zero-order valence-electron chi connectivity index (χ0n) is 18.2. The van der Waals surface area contributed by atoms with Gasteiger partial charge in [0, 0.05) is 37.4 Å². The first-order valence-corrected chi connectivity index (χ1v) is 10.4. The lowest BCUT2D eigenvalue weighted by Crippen LogP contribution is -2.26. The van der Waals surface area contributed by atoms with Gasteiger partial charge in [0.2, 0.25) is 5.82 Å². The predicted octanol–water partition coefficient (Wildman–Crippen LogP) is 4.55. The highest BCUT2D eigenvalue weighted by Crippen LogP contribution is 2.24. The van der Waals surface area contributed by atoms with Gasteiger partial charge in [0.1, 0.15) is 5.75 Å². The monoisotopic (exact) mass is 476 g/mol. The highest BCUT2D eigenvalue weighted by molar-refractivity contribution is 5.99. The van der Waals surface area contributed by atoms with E-state index in [2.05, 4.69) is 30.7 Å². The van der Waals surface area contributed by atoms with Crippen LogP contribution in [-0.4, -0.2) is 32.8 Å². The molecule has 34 heavy (non-hydrogen) atoms. The number of carbonyl (C=O) groups excluding carboxylic acids is 2. The molecule has 0 unspecified atom stereocenters. The molecule has 0 radical (unpaired) electrons. The van der Waals surface area contributed by atoms with E-state index in [1.807, 2.05) is 6.92 Å². The molecule has 0 aliphatic carbocycles. The molecule has 12 heteroatoms. The molecule has 0 fully saturated rings. The number of urea groups is 1. The topological polar surface area (TPSA) is 110 Å². The Hall–Kier alpha value is -4.09. The third-order valence-electron chi connectivity index (χ3n) is 4.52. The number of hydrogen-bond donors (Lipinski definition) is 3. The van der Waals surface area contributed by atoms with Crippen molar-refractivity contribution in [2.24, 2.45) is 0 Å². The van der Waals surface area contributed by atoms with Crippen LogP contribution in [0, 0.1) is 0 Å². The van der Waals surface area contributed by atoms with Gasteiger partial charge in [-0.1, -0.05) is 13.3 Å². The smallest absolute Gasteiger partial charge is 0.406 e. The van der Waals surface area contributed by atoms with Crippen LogP contribution in [0.25, 0.3) is 0 Å².